The molecule has 0 aromatic rings. The van der Waals surface area contributed by atoms with Crippen molar-refractivity contribution in [3.63, 3.8) is 0 Å². The van der Waals surface area contributed by atoms with Gasteiger partial charge in [-0.3, -0.25) is 0 Å². The van der Waals surface area contributed by atoms with Gasteiger partial charge in [0, 0.05) is 5.92 Å². The zero-order valence-corrected chi connectivity index (χ0v) is 6.66. The second-order valence-corrected chi connectivity index (χ2v) is 3.88. The zero-order chi connectivity index (χ0) is 8.06. The quantitative estimate of drug-likeness (QED) is 0.531. The second-order valence-electron chi connectivity index (χ2n) is 3.88. The molecule has 2 fully saturated rings. The van der Waals surface area contributed by atoms with Crippen molar-refractivity contribution in [2.75, 3.05) is 0 Å². The van der Waals surface area contributed by atoms with Crippen LogP contribution >= 0.6 is 0 Å². The van der Waals surface area contributed by atoms with Crippen LogP contribution < -0.4 is 0 Å². The smallest absolute Gasteiger partial charge is 0.158 e. The molecule has 0 aromatic heterocycles. The van der Waals surface area contributed by atoms with E-state index in [1.54, 1.807) is 0 Å². The molecule has 4 unspecified atom stereocenters. The summed E-state index contributed by atoms with van der Waals surface area (Å²) < 4.78 is 5.29. The highest BCUT2D eigenvalue weighted by Gasteiger charge is 2.50. The molecule has 1 saturated carbocycles. The molecule has 1 saturated heterocycles. The first kappa shape index (κ1) is 7.53. The van der Waals surface area contributed by atoms with E-state index < -0.39 is 18.0 Å². The molecular formula is C8H14O3. The average Bonchev–Trinajstić information content (AvgIpc) is 2.18. The topological polar surface area (TPSA) is 49.7 Å². The molecule has 3 nitrogen and oxygen atoms in total. The lowest BCUT2D eigenvalue weighted by atomic mass is 9.80. The van der Waals surface area contributed by atoms with Crippen LogP contribution in [0.3, 0.4) is 0 Å². The Morgan fingerprint density at radius 3 is 2.73 bits per heavy atom. The summed E-state index contributed by atoms with van der Waals surface area (Å²) in [5, 5.41) is 18.9. The Labute approximate surface area is 66.0 Å². The van der Waals surface area contributed by atoms with Gasteiger partial charge in [-0.1, -0.05) is 0 Å². The molecule has 11 heavy (non-hydrogen) atoms. The zero-order valence-electron chi connectivity index (χ0n) is 6.66. The summed E-state index contributed by atoms with van der Waals surface area (Å²) in [6.07, 6.45) is 1.42. The lowest BCUT2D eigenvalue weighted by molar-refractivity contribution is -0.165. The largest absolute Gasteiger partial charge is 0.390 e. The van der Waals surface area contributed by atoms with Crippen LogP contribution in [0, 0.1) is 5.92 Å². The molecule has 1 aliphatic heterocycles. The van der Waals surface area contributed by atoms with Crippen LogP contribution in [0.4, 0.5) is 0 Å². The molecule has 2 bridgehead atoms. The molecule has 0 amide bonds. The van der Waals surface area contributed by atoms with Crippen LogP contribution in [0.5, 0.6) is 0 Å². The van der Waals surface area contributed by atoms with Crippen molar-refractivity contribution in [1.82, 2.24) is 0 Å². The van der Waals surface area contributed by atoms with Gasteiger partial charge in [-0.15, -0.1) is 0 Å². The van der Waals surface area contributed by atoms with Crippen LogP contribution in [0.2, 0.25) is 0 Å². The highest BCUT2D eigenvalue weighted by Crippen LogP contribution is 2.44. The maximum atomic E-state index is 9.54. The first-order valence-corrected chi connectivity index (χ1v) is 4.16. The van der Waals surface area contributed by atoms with Crippen molar-refractivity contribution in [3.8, 4) is 0 Å². The van der Waals surface area contributed by atoms with Crippen molar-refractivity contribution in [2.24, 2.45) is 5.92 Å². The Morgan fingerprint density at radius 1 is 1.36 bits per heavy atom. The van der Waals surface area contributed by atoms with Gasteiger partial charge < -0.3 is 14.9 Å². The molecule has 3 heteroatoms. The maximum absolute atomic E-state index is 9.54. The number of hydrogen-bond acceptors (Lipinski definition) is 3. The highest BCUT2D eigenvalue weighted by molar-refractivity contribution is 4.97. The predicted octanol–water partition coefficient (Wildman–Crippen LogP) is 0.255. The van der Waals surface area contributed by atoms with E-state index in [0.29, 0.717) is 0 Å². The maximum Gasteiger partial charge on any atom is 0.158 e. The van der Waals surface area contributed by atoms with E-state index in [9.17, 15) is 10.2 Å². The molecule has 0 aromatic carbocycles. The van der Waals surface area contributed by atoms with Gasteiger partial charge >= 0.3 is 0 Å². The number of hydrogen-bond donors (Lipinski definition) is 2. The molecular weight excluding hydrogens is 144 g/mol. The molecule has 2 N–H and O–H groups in total. The van der Waals surface area contributed by atoms with E-state index in [1.807, 2.05) is 6.92 Å². The number of aliphatic hydroxyl groups is 2. The van der Waals surface area contributed by atoms with Crippen molar-refractivity contribution in [2.45, 2.75) is 44.2 Å². The Balaban J connectivity index is 2.20. The summed E-state index contributed by atoms with van der Waals surface area (Å²) in [6, 6.07) is 0. The monoisotopic (exact) mass is 158 g/mol. The Bertz CT molecular complexity index is 165. The molecule has 1 aliphatic carbocycles. The molecule has 0 spiro atoms. The van der Waals surface area contributed by atoms with E-state index >= 15 is 0 Å². The minimum atomic E-state index is -0.642. The SMILES string of the molecule is CC12CC(CCC1O)C(O)O2. The third kappa shape index (κ3) is 0.991. The standard InChI is InChI=1S/C8H14O3/c1-8-4-5(7(10)11-8)2-3-6(8)9/h5-7,9-10H,2-4H2,1H3. The first-order chi connectivity index (χ1) is 5.12. The van der Waals surface area contributed by atoms with Crippen molar-refractivity contribution < 1.29 is 14.9 Å². The second kappa shape index (κ2) is 2.19. The number of aliphatic hydroxyl groups excluding tert-OH is 2. The first-order valence-electron chi connectivity index (χ1n) is 4.16. The summed E-state index contributed by atoms with van der Waals surface area (Å²) in [4.78, 5) is 0. The number of rotatable bonds is 0. The van der Waals surface area contributed by atoms with Crippen LogP contribution in [0.1, 0.15) is 26.2 Å². The molecule has 1 heterocycles. The summed E-state index contributed by atoms with van der Waals surface area (Å²) in [5.74, 6) is 0.253. The Hall–Kier alpha value is -0.120. The highest BCUT2D eigenvalue weighted by atomic mass is 16.6. The summed E-state index contributed by atoms with van der Waals surface area (Å²) >= 11 is 0. The number of ether oxygens (including phenoxy) is 1. The summed E-state index contributed by atoms with van der Waals surface area (Å²) in [5.41, 5.74) is -0.470. The average molecular weight is 158 g/mol. The normalized spacial score (nSPS) is 56.5. The predicted molar refractivity (Wildman–Crippen MR) is 38.8 cm³/mol. The summed E-state index contributed by atoms with van der Waals surface area (Å²) in [7, 11) is 0. The van der Waals surface area contributed by atoms with Crippen molar-refractivity contribution in [1.29, 1.82) is 0 Å². The van der Waals surface area contributed by atoms with Gasteiger partial charge in [0.2, 0.25) is 0 Å². The minimum absolute atomic E-state index is 0.253. The molecule has 64 valence electrons. The van der Waals surface area contributed by atoms with Crippen LogP contribution in [0.15, 0.2) is 0 Å². The van der Waals surface area contributed by atoms with Crippen LogP contribution in [-0.4, -0.2) is 28.2 Å². The fourth-order valence-electron chi connectivity index (χ4n) is 2.18. The summed E-state index contributed by atoms with van der Waals surface area (Å²) in [6.45, 7) is 1.88. The van der Waals surface area contributed by atoms with E-state index in [2.05, 4.69) is 0 Å². The van der Waals surface area contributed by atoms with Crippen LogP contribution in [-0.2, 0) is 4.74 Å². The Morgan fingerprint density at radius 2 is 2.09 bits per heavy atom. The van der Waals surface area contributed by atoms with Gasteiger partial charge in [0.25, 0.3) is 0 Å². The minimum Gasteiger partial charge on any atom is -0.390 e. The van der Waals surface area contributed by atoms with Gasteiger partial charge in [-0.05, 0) is 26.2 Å². The van der Waals surface area contributed by atoms with Gasteiger partial charge in [0.1, 0.15) is 0 Å². The number of fused-ring (bicyclic) bond motifs is 2. The third-order valence-electron chi connectivity index (χ3n) is 2.98. The van der Waals surface area contributed by atoms with E-state index in [-0.39, 0.29) is 5.92 Å². The fraction of sp³-hybridized carbons (Fsp3) is 1.00. The van der Waals surface area contributed by atoms with E-state index in [4.69, 9.17) is 4.74 Å². The van der Waals surface area contributed by atoms with E-state index in [1.165, 1.54) is 0 Å². The fourth-order valence-corrected chi connectivity index (χ4v) is 2.18. The molecule has 2 aliphatic rings. The van der Waals surface area contributed by atoms with Crippen molar-refractivity contribution >= 4 is 0 Å². The van der Waals surface area contributed by atoms with Gasteiger partial charge in [0.05, 0.1) is 11.7 Å². The molecule has 0 radical (unpaired) electrons. The lowest BCUT2D eigenvalue weighted by Crippen LogP contribution is -2.40. The van der Waals surface area contributed by atoms with Gasteiger partial charge in [0.15, 0.2) is 6.29 Å². The molecule has 2 rings (SSSR count). The third-order valence-corrected chi connectivity index (χ3v) is 2.98. The molecule has 4 atom stereocenters. The van der Waals surface area contributed by atoms with Gasteiger partial charge in [-0.2, -0.15) is 0 Å². The Kier molecular flexibility index (Phi) is 1.50. The van der Waals surface area contributed by atoms with Crippen LogP contribution in [0.25, 0.3) is 0 Å². The lowest BCUT2D eigenvalue weighted by Gasteiger charge is -2.32. The van der Waals surface area contributed by atoms with E-state index in [0.717, 1.165) is 19.3 Å². The van der Waals surface area contributed by atoms with Crippen molar-refractivity contribution in [3.05, 3.63) is 0 Å². The van der Waals surface area contributed by atoms with Gasteiger partial charge in [-0.25, -0.2) is 0 Å².